The predicted molar refractivity (Wildman–Crippen MR) is 83.4 cm³/mol. The van der Waals surface area contributed by atoms with Gasteiger partial charge in [-0.05, 0) is 26.8 Å². The number of hydrogen-bond donors (Lipinski definition) is 0. The molecule has 5 nitrogen and oxygen atoms in total. The maximum absolute atomic E-state index is 12.0. The van der Waals surface area contributed by atoms with Crippen LogP contribution in [0.15, 0.2) is 30.5 Å². The third-order valence-electron chi connectivity index (χ3n) is 3.66. The SMILES string of the molecule is CC(C)(C)OC(=O)N1C[C@@H]1Cn1cc(C#N)c2ccccc21. The highest BCUT2D eigenvalue weighted by Crippen LogP contribution is 2.27. The Morgan fingerprint density at radius 2 is 2.14 bits per heavy atom. The molecule has 3 rings (SSSR count). The van der Waals surface area contributed by atoms with Gasteiger partial charge in [-0.2, -0.15) is 5.26 Å². The number of ether oxygens (including phenoxy) is 1. The van der Waals surface area contributed by atoms with Gasteiger partial charge in [0, 0.05) is 30.2 Å². The minimum atomic E-state index is -0.474. The molecule has 0 bridgehead atoms. The van der Waals surface area contributed by atoms with Crippen LogP contribution in [0.2, 0.25) is 0 Å². The molecular weight excluding hydrogens is 278 g/mol. The summed E-state index contributed by atoms with van der Waals surface area (Å²) in [5, 5.41) is 10.2. The first-order valence-electron chi connectivity index (χ1n) is 7.36. The molecule has 0 saturated carbocycles. The van der Waals surface area contributed by atoms with Gasteiger partial charge in [-0.3, -0.25) is 4.90 Å². The molecule has 0 radical (unpaired) electrons. The van der Waals surface area contributed by atoms with Gasteiger partial charge in [0.1, 0.15) is 11.7 Å². The molecule has 0 aliphatic carbocycles. The molecule has 5 heteroatoms. The molecule has 1 aliphatic rings. The topological polar surface area (TPSA) is 58.0 Å². The fourth-order valence-electron chi connectivity index (χ4n) is 2.59. The number of fused-ring (bicyclic) bond motifs is 1. The largest absolute Gasteiger partial charge is 0.444 e. The quantitative estimate of drug-likeness (QED) is 0.800. The van der Waals surface area contributed by atoms with Crippen LogP contribution in [0, 0.1) is 11.3 Å². The Hall–Kier alpha value is -2.48. The second kappa shape index (κ2) is 5.06. The zero-order valence-corrected chi connectivity index (χ0v) is 13.0. The number of nitriles is 1. The fraction of sp³-hybridized carbons (Fsp3) is 0.412. The first-order valence-corrected chi connectivity index (χ1v) is 7.36. The van der Waals surface area contributed by atoms with Crippen LogP contribution in [0.25, 0.3) is 10.9 Å². The van der Waals surface area contributed by atoms with Gasteiger partial charge < -0.3 is 9.30 Å². The number of benzene rings is 1. The normalized spacial score (nSPS) is 17.4. The second-order valence-electron chi connectivity index (χ2n) is 6.61. The summed E-state index contributed by atoms with van der Waals surface area (Å²) in [5.74, 6) is 0. The van der Waals surface area contributed by atoms with E-state index in [1.807, 2.05) is 55.8 Å². The second-order valence-corrected chi connectivity index (χ2v) is 6.61. The molecule has 0 spiro atoms. The maximum Gasteiger partial charge on any atom is 0.410 e. The molecule has 114 valence electrons. The molecule has 1 aromatic heterocycles. The number of rotatable bonds is 2. The van der Waals surface area contributed by atoms with E-state index in [1.54, 1.807) is 4.90 Å². The molecule has 1 amide bonds. The molecule has 1 aliphatic heterocycles. The van der Waals surface area contributed by atoms with Gasteiger partial charge in [-0.25, -0.2) is 4.79 Å². The molecular formula is C17H19N3O2. The van der Waals surface area contributed by atoms with E-state index in [4.69, 9.17) is 4.74 Å². The third kappa shape index (κ3) is 2.77. The van der Waals surface area contributed by atoms with Crippen molar-refractivity contribution in [2.24, 2.45) is 0 Å². The van der Waals surface area contributed by atoms with Crippen LogP contribution in [0.3, 0.4) is 0 Å². The average molecular weight is 297 g/mol. The zero-order valence-electron chi connectivity index (χ0n) is 13.0. The number of para-hydroxylation sites is 1. The summed E-state index contributed by atoms with van der Waals surface area (Å²) in [6.07, 6.45) is 1.59. The molecule has 1 atom stereocenters. The number of carbonyl (C=O) groups is 1. The summed E-state index contributed by atoms with van der Waals surface area (Å²) in [5.41, 5.74) is 1.22. The lowest BCUT2D eigenvalue weighted by Gasteiger charge is -2.20. The van der Waals surface area contributed by atoms with E-state index in [1.165, 1.54) is 0 Å². The van der Waals surface area contributed by atoms with Gasteiger partial charge >= 0.3 is 6.09 Å². The van der Waals surface area contributed by atoms with Crippen molar-refractivity contribution in [2.75, 3.05) is 6.54 Å². The van der Waals surface area contributed by atoms with Crippen molar-refractivity contribution in [3.05, 3.63) is 36.0 Å². The minimum absolute atomic E-state index is 0.136. The molecule has 1 saturated heterocycles. The molecule has 0 N–H and O–H groups in total. The molecule has 22 heavy (non-hydrogen) atoms. The standard InChI is InChI=1S/C17H19N3O2/c1-17(2,3)22-16(21)20-11-13(20)10-19-9-12(8-18)14-6-4-5-7-15(14)19/h4-7,9,13H,10-11H2,1-3H3/t13-,20?/m0/s1. The molecule has 0 unspecified atom stereocenters. The van der Waals surface area contributed by atoms with Gasteiger partial charge in [0.15, 0.2) is 0 Å². The maximum atomic E-state index is 12.0. The smallest absolute Gasteiger partial charge is 0.410 e. The minimum Gasteiger partial charge on any atom is -0.444 e. The highest BCUT2D eigenvalue weighted by Gasteiger charge is 2.41. The number of carbonyl (C=O) groups excluding carboxylic acids is 1. The van der Waals surface area contributed by atoms with Crippen LogP contribution in [-0.4, -0.2) is 33.7 Å². The summed E-state index contributed by atoms with van der Waals surface area (Å²) >= 11 is 0. The summed E-state index contributed by atoms with van der Waals surface area (Å²) in [7, 11) is 0. The van der Waals surface area contributed by atoms with Crippen LogP contribution in [-0.2, 0) is 11.3 Å². The van der Waals surface area contributed by atoms with Crippen LogP contribution in [0.4, 0.5) is 4.79 Å². The van der Waals surface area contributed by atoms with E-state index in [-0.39, 0.29) is 12.1 Å². The Morgan fingerprint density at radius 1 is 1.41 bits per heavy atom. The van der Waals surface area contributed by atoms with E-state index < -0.39 is 5.60 Å². The van der Waals surface area contributed by atoms with Crippen molar-refractivity contribution in [3.8, 4) is 6.07 Å². The summed E-state index contributed by atoms with van der Waals surface area (Å²) < 4.78 is 7.41. The van der Waals surface area contributed by atoms with Gasteiger partial charge in [-0.15, -0.1) is 0 Å². The van der Waals surface area contributed by atoms with Crippen molar-refractivity contribution in [3.63, 3.8) is 0 Å². The van der Waals surface area contributed by atoms with Gasteiger partial charge in [0.2, 0.25) is 0 Å². The van der Waals surface area contributed by atoms with Crippen LogP contribution >= 0.6 is 0 Å². The Morgan fingerprint density at radius 3 is 2.82 bits per heavy atom. The van der Waals surface area contributed by atoms with Crippen molar-refractivity contribution in [2.45, 2.75) is 39.0 Å². The number of amides is 1. The lowest BCUT2D eigenvalue weighted by atomic mass is 10.2. The lowest BCUT2D eigenvalue weighted by molar-refractivity contribution is 0.0404. The van der Waals surface area contributed by atoms with E-state index >= 15 is 0 Å². The number of nitrogens with zero attached hydrogens (tertiary/aromatic N) is 3. The first kappa shape index (κ1) is 14.5. The van der Waals surface area contributed by atoms with Crippen molar-refractivity contribution in [1.29, 1.82) is 5.26 Å². The van der Waals surface area contributed by atoms with Crippen LogP contribution in [0.5, 0.6) is 0 Å². The number of hydrogen-bond acceptors (Lipinski definition) is 3. The summed E-state index contributed by atoms with van der Waals surface area (Å²) in [6, 6.07) is 10.2. The van der Waals surface area contributed by atoms with Crippen molar-refractivity contribution in [1.82, 2.24) is 9.47 Å². The van der Waals surface area contributed by atoms with E-state index in [2.05, 4.69) is 6.07 Å². The Balaban J connectivity index is 1.74. The highest BCUT2D eigenvalue weighted by atomic mass is 16.6. The predicted octanol–water partition coefficient (Wildman–Crippen LogP) is 3.13. The van der Waals surface area contributed by atoms with Crippen molar-refractivity contribution >= 4 is 17.0 Å². The third-order valence-corrected chi connectivity index (χ3v) is 3.66. The van der Waals surface area contributed by atoms with Crippen molar-refractivity contribution < 1.29 is 9.53 Å². The summed E-state index contributed by atoms with van der Waals surface area (Å²) in [4.78, 5) is 13.7. The van der Waals surface area contributed by atoms with Crippen LogP contribution in [0.1, 0.15) is 26.3 Å². The molecule has 1 aromatic carbocycles. The van der Waals surface area contributed by atoms with E-state index in [0.29, 0.717) is 18.7 Å². The Bertz CT molecular complexity index is 764. The monoisotopic (exact) mass is 297 g/mol. The first-order chi connectivity index (χ1) is 10.4. The lowest BCUT2D eigenvalue weighted by Crippen LogP contribution is -2.28. The zero-order chi connectivity index (χ0) is 15.9. The van der Waals surface area contributed by atoms with Gasteiger partial charge in [-0.1, -0.05) is 18.2 Å². The highest BCUT2D eigenvalue weighted by molar-refractivity contribution is 5.86. The summed E-state index contributed by atoms with van der Waals surface area (Å²) in [6.45, 7) is 6.97. The van der Waals surface area contributed by atoms with Gasteiger partial charge in [0.25, 0.3) is 0 Å². The van der Waals surface area contributed by atoms with E-state index in [0.717, 1.165) is 10.9 Å². The Kier molecular flexibility index (Phi) is 3.32. The van der Waals surface area contributed by atoms with E-state index in [9.17, 15) is 10.1 Å². The Labute approximate surface area is 129 Å². The molecule has 1 fully saturated rings. The average Bonchev–Trinajstić information content (AvgIpc) is 3.12. The van der Waals surface area contributed by atoms with Gasteiger partial charge in [0.05, 0.1) is 11.6 Å². The van der Waals surface area contributed by atoms with Crippen LogP contribution < -0.4 is 0 Å². The molecule has 2 aromatic rings. The number of aromatic nitrogens is 1. The molecule has 2 heterocycles. The fourth-order valence-corrected chi connectivity index (χ4v) is 2.59.